The predicted molar refractivity (Wildman–Crippen MR) is 79.1 cm³/mol. The van der Waals surface area contributed by atoms with Gasteiger partial charge >= 0.3 is 5.97 Å². The molecule has 6 heteroatoms. The Hall–Kier alpha value is -2.21. The quantitative estimate of drug-likeness (QED) is 0.362. The molecule has 1 aliphatic heterocycles. The summed E-state index contributed by atoms with van der Waals surface area (Å²) in [5.74, 6) is -0.112. The molecule has 6 nitrogen and oxygen atoms in total. The smallest absolute Gasteiger partial charge is 0.331 e. The molecule has 2 aliphatic rings. The van der Waals surface area contributed by atoms with Gasteiger partial charge in [0, 0.05) is 30.7 Å². The molecule has 0 radical (unpaired) electrons. The molecule has 1 aromatic carbocycles. The Balaban J connectivity index is 1.62. The first-order valence-corrected chi connectivity index (χ1v) is 7.32. The number of benzene rings is 1. The van der Waals surface area contributed by atoms with Crippen LogP contribution < -0.4 is 0 Å². The Kier molecular flexibility index (Phi) is 3.94. The summed E-state index contributed by atoms with van der Waals surface area (Å²) in [5.41, 5.74) is 0.248. The van der Waals surface area contributed by atoms with E-state index in [1.165, 1.54) is 24.3 Å². The van der Waals surface area contributed by atoms with E-state index in [0.29, 0.717) is 18.1 Å². The van der Waals surface area contributed by atoms with E-state index in [0.717, 1.165) is 25.9 Å². The monoisotopic (exact) mass is 303 g/mol. The number of hydrogen-bond donors (Lipinski definition) is 0. The topological polar surface area (TPSA) is 78.7 Å². The number of rotatable bonds is 5. The predicted octanol–water partition coefficient (Wildman–Crippen LogP) is 2.72. The highest BCUT2D eigenvalue weighted by Crippen LogP contribution is 2.49. The molecule has 22 heavy (non-hydrogen) atoms. The fraction of sp³-hybridized carbons (Fsp3) is 0.438. The minimum Gasteiger partial charge on any atom is -0.456 e. The van der Waals surface area contributed by atoms with E-state index in [1.807, 2.05) is 0 Å². The van der Waals surface area contributed by atoms with Crippen LogP contribution in [-0.4, -0.2) is 29.7 Å². The van der Waals surface area contributed by atoms with Crippen LogP contribution in [-0.2, 0) is 14.3 Å². The van der Waals surface area contributed by atoms with E-state index in [-0.39, 0.29) is 11.3 Å². The van der Waals surface area contributed by atoms with Crippen molar-refractivity contribution in [3.8, 4) is 0 Å². The van der Waals surface area contributed by atoms with E-state index in [4.69, 9.17) is 9.47 Å². The molecular weight excluding hydrogens is 286 g/mol. The maximum atomic E-state index is 12.0. The minimum atomic E-state index is -0.463. The first-order valence-electron chi connectivity index (χ1n) is 7.32. The molecule has 0 amide bonds. The zero-order valence-electron chi connectivity index (χ0n) is 12.1. The van der Waals surface area contributed by atoms with Crippen LogP contribution in [0.1, 0.15) is 24.8 Å². The SMILES string of the molecule is O=C(/C=C/c1cccc([N+](=O)[O-])c1)OC1(C2CCOC2)CC1. The van der Waals surface area contributed by atoms with Gasteiger partial charge < -0.3 is 9.47 Å². The zero-order chi connectivity index (χ0) is 15.6. The number of ether oxygens (including phenoxy) is 2. The van der Waals surface area contributed by atoms with Crippen molar-refractivity contribution >= 4 is 17.7 Å². The van der Waals surface area contributed by atoms with Gasteiger partial charge in [0.2, 0.25) is 0 Å². The zero-order valence-corrected chi connectivity index (χ0v) is 12.1. The van der Waals surface area contributed by atoms with Crippen LogP contribution in [0, 0.1) is 16.0 Å². The maximum Gasteiger partial charge on any atom is 0.331 e. The molecule has 2 fully saturated rings. The number of nitro benzene ring substituents is 1. The number of esters is 1. The second-order valence-electron chi connectivity index (χ2n) is 5.73. The summed E-state index contributed by atoms with van der Waals surface area (Å²) in [6.45, 7) is 1.38. The lowest BCUT2D eigenvalue weighted by Crippen LogP contribution is -2.28. The molecule has 1 saturated carbocycles. The summed E-state index contributed by atoms with van der Waals surface area (Å²) in [4.78, 5) is 22.2. The molecule has 1 heterocycles. The molecule has 0 spiro atoms. The van der Waals surface area contributed by atoms with Crippen LogP contribution >= 0.6 is 0 Å². The van der Waals surface area contributed by atoms with Crippen molar-refractivity contribution in [1.82, 2.24) is 0 Å². The third-order valence-corrected chi connectivity index (χ3v) is 4.21. The molecule has 0 N–H and O–H groups in total. The molecule has 1 aliphatic carbocycles. The molecule has 0 aromatic heterocycles. The van der Waals surface area contributed by atoms with Gasteiger partial charge in [0.25, 0.3) is 5.69 Å². The molecule has 1 saturated heterocycles. The van der Waals surface area contributed by atoms with Crippen molar-refractivity contribution in [1.29, 1.82) is 0 Å². The fourth-order valence-corrected chi connectivity index (χ4v) is 2.81. The highest BCUT2D eigenvalue weighted by atomic mass is 16.6. The molecule has 1 aromatic rings. The summed E-state index contributed by atoms with van der Waals surface area (Å²) in [6, 6.07) is 6.12. The summed E-state index contributed by atoms with van der Waals surface area (Å²) >= 11 is 0. The number of carbonyl (C=O) groups is 1. The van der Waals surface area contributed by atoms with E-state index in [2.05, 4.69) is 0 Å². The number of carbonyl (C=O) groups excluding carboxylic acids is 1. The first-order chi connectivity index (χ1) is 10.6. The second-order valence-corrected chi connectivity index (χ2v) is 5.73. The number of non-ortho nitro benzene ring substituents is 1. The summed E-state index contributed by atoms with van der Waals surface area (Å²) in [5, 5.41) is 10.7. The van der Waals surface area contributed by atoms with Crippen LogP contribution in [0.5, 0.6) is 0 Å². The molecule has 3 rings (SSSR count). The largest absolute Gasteiger partial charge is 0.456 e. The van der Waals surface area contributed by atoms with Crippen molar-refractivity contribution in [3.05, 3.63) is 46.0 Å². The van der Waals surface area contributed by atoms with Crippen LogP contribution in [0.4, 0.5) is 5.69 Å². The summed E-state index contributed by atoms with van der Waals surface area (Å²) in [6.07, 6.45) is 5.57. The number of nitrogens with zero attached hydrogens (tertiary/aromatic N) is 1. The average molecular weight is 303 g/mol. The third kappa shape index (κ3) is 3.17. The lowest BCUT2D eigenvalue weighted by Gasteiger charge is -2.21. The third-order valence-electron chi connectivity index (χ3n) is 4.21. The van der Waals surface area contributed by atoms with Gasteiger partial charge in [0.15, 0.2) is 0 Å². The highest BCUT2D eigenvalue weighted by molar-refractivity contribution is 5.87. The summed E-state index contributed by atoms with van der Waals surface area (Å²) < 4.78 is 10.9. The van der Waals surface area contributed by atoms with Gasteiger partial charge in [-0.25, -0.2) is 4.79 Å². The lowest BCUT2D eigenvalue weighted by molar-refractivity contribution is -0.384. The number of nitro groups is 1. The van der Waals surface area contributed by atoms with E-state index < -0.39 is 10.9 Å². The maximum absolute atomic E-state index is 12.0. The number of hydrogen-bond acceptors (Lipinski definition) is 5. The van der Waals surface area contributed by atoms with E-state index in [9.17, 15) is 14.9 Å². The van der Waals surface area contributed by atoms with Gasteiger partial charge in [-0.05, 0) is 30.9 Å². The first kappa shape index (κ1) is 14.7. The van der Waals surface area contributed by atoms with Crippen LogP contribution in [0.3, 0.4) is 0 Å². The lowest BCUT2D eigenvalue weighted by atomic mass is 9.99. The van der Waals surface area contributed by atoms with Crippen molar-refractivity contribution in [2.45, 2.75) is 24.9 Å². The highest BCUT2D eigenvalue weighted by Gasteiger charge is 2.53. The van der Waals surface area contributed by atoms with Crippen molar-refractivity contribution in [2.75, 3.05) is 13.2 Å². The minimum absolute atomic E-state index is 0.00251. The van der Waals surface area contributed by atoms with Gasteiger partial charge in [-0.15, -0.1) is 0 Å². The van der Waals surface area contributed by atoms with Gasteiger partial charge in [0.05, 0.1) is 11.5 Å². The second kappa shape index (κ2) is 5.88. The van der Waals surface area contributed by atoms with E-state index in [1.54, 1.807) is 12.1 Å². The molecule has 1 atom stereocenters. The van der Waals surface area contributed by atoms with Crippen molar-refractivity contribution in [2.24, 2.45) is 5.92 Å². The molecular formula is C16H17NO5. The molecule has 1 unspecified atom stereocenters. The van der Waals surface area contributed by atoms with Crippen molar-refractivity contribution < 1.29 is 19.2 Å². The van der Waals surface area contributed by atoms with Gasteiger partial charge in [-0.1, -0.05) is 12.1 Å². The Labute approximate surface area is 127 Å². The Bertz CT molecular complexity index is 615. The van der Waals surface area contributed by atoms with Gasteiger partial charge in [-0.2, -0.15) is 0 Å². The fourth-order valence-electron chi connectivity index (χ4n) is 2.81. The van der Waals surface area contributed by atoms with E-state index >= 15 is 0 Å². The van der Waals surface area contributed by atoms with Crippen LogP contribution in [0.15, 0.2) is 30.3 Å². The standard InChI is InChI=1S/C16H17NO5/c18-15(22-16(7-8-16)13-6-9-21-11-13)5-4-12-2-1-3-14(10-12)17(19)20/h1-5,10,13H,6-9,11H2/b5-4+. The van der Waals surface area contributed by atoms with Crippen molar-refractivity contribution in [3.63, 3.8) is 0 Å². The van der Waals surface area contributed by atoms with Gasteiger partial charge in [-0.3, -0.25) is 10.1 Å². The molecule has 0 bridgehead atoms. The van der Waals surface area contributed by atoms with Crippen LogP contribution in [0.2, 0.25) is 0 Å². The Morgan fingerprint density at radius 2 is 2.27 bits per heavy atom. The normalized spacial score (nSPS) is 22.6. The Morgan fingerprint density at radius 1 is 1.45 bits per heavy atom. The van der Waals surface area contributed by atoms with Gasteiger partial charge in [0.1, 0.15) is 5.60 Å². The molecule has 116 valence electrons. The Morgan fingerprint density at radius 3 is 2.91 bits per heavy atom. The summed E-state index contributed by atoms with van der Waals surface area (Å²) in [7, 11) is 0. The average Bonchev–Trinajstić information content (AvgIpc) is 3.07. The van der Waals surface area contributed by atoms with Crippen LogP contribution in [0.25, 0.3) is 6.08 Å².